The number of hydrogen-bond acceptors (Lipinski definition) is 1. The molecule has 0 aromatic heterocycles. The van der Waals surface area contributed by atoms with Crippen molar-refractivity contribution in [2.45, 2.75) is 33.1 Å². The summed E-state index contributed by atoms with van der Waals surface area (Å²) in [6, 6.07) is 0. The predicted octanol–water partition coefficient (Wildman–Crippen LogP) is 2.75. The van der Waals surface area contributed by atoms with E-state index < -0.39 is 0 Å². The summed E-state index contributed by atoms with van der Waals surface area (Å²) in [6.07, 6.45) is 5.78. The molecule has 0 radical (unpaired) electrons. The molecule has 1 heterocycles. The second-order valence-corrected chi connectivity index (χ2v) is 5.46. The summed E-state index contributed by atoms with van der Waals surface area (Å²) in [5.74, 6) is 0. The average molecular weight is 242 g/mol. The van der Waals surface area contributed by atoms with Gasteiger partial charge in [0.25, 0.3) is 0 Å². The Labute approximate surface area is 87.2 Å². The van der Waals surface area contributed by atoms with Crippen molar-refractivity contribution in [3.63, 3.8) is 0 Å². The van der Waals surface area contributed by atoms with Crippen molar-refractivity contribution in [2.75, 3.05) is 6.54 Å². The van der Waals surface area contributed by atoms with Crippen LogP contribution in [0.25, 0.3) is 0 Å². The predicted molar refractivity (Wildman–Crippen MR) is 60.5 cm³/mol. The zero-order chi connectivity index (χ0) is 9.68. The molecule has 0 N–H and O–H groups in total. The molecule has 0 bridgehead atoms. The van der Waals surface area contributed by atoms with Crippen molar-refractivity contribution in [1.82, 2.24) is 0 Å². The van der Waals surface area contributed by atoms with Gasteiger partial charge in [0.1, 0.15) is 0 Å². The second-order valence-electron chi connectivity index (χ2n) is 3.12. The second kappa shape index (κ2) is 5.41. The molecule has 0 saturated heterocycles. The topological polar surface area (TPSA) is 12.4 Å². The molecule has 0 fully saturated rings. The first-order valence-electron chi connectivity index (χ1n) is 4.90. The Bertz CT molecular complexity index is 251. The van der Waals surface area contributed by atoms with Crippen molar-refractivity contribution in [3.8, 4) is 0 Å². The van der Waals surface area contributed by atoms with Gasteiger partial charge in [-0.15, -0.1) is 0 Å². The molecule has 1 aliphatic heterocycles. The van der Waals surface area contributed by atoms with E-state index in [2.05, 4.69) is 31.5 Å². The molecular formula is C11H17NSe. The van der Waals surface area contributed by atoms with Crippen LogP contribution in [0.4, 0.5) is 0 Å². The quantitative estimate of drug-likeness (QED) is 0.531. The van der Waals surface area contributed by atoms with Crippen molar-refractivity contribution >= 4 is 19.6 Å². The van der Waals surface area contributed by atoms with Gasteiger partial charge in [-0.05, 0) is 0 Å². The fourth-order valence-electron chi connectivity index (χ4n) is 1.18. The fourth-order valence-corrected chi connectivity index (χ4v) is 3.16. The van der Waals surface area contributed by atoms with Crippen LogP contribution in [0, 0.1) is 0 Å². The zero-order valence-electron chi connectivity index (χ0n) is 8.47. The van der Waals surface area contributed by atoms with E-state index in [1.54, 1.807) is 0 Å². The summed E-state index contributed by atoms with van der Waals surface area (Å²) in [6.45, 7) is 9.44. The SMILES string of the molecule is C=C1[Se]C(=NCCCC)C=C1CC. The van der Waals surface area contributed by atoms with Crippen LogP contribution in [0.5, 0.6) is 0 Å². The number of hydrogen-bond donors (Lipinski definition) is 0. The summed E-state index contributed by atoms with van der Waals surface area (Å²) in [7, 11) is 0. The number of rotatable bonds is 4. The molecule has 0 unspecified atom stereocenters. The Morgan fingerprint density at radius 1 is 1.46 bits per heavy atom. The molecule has 1 aliphatic rings. The number of nitrogens with zero attached hydrogens (tertiary/aromatic N) is 1. The Morgan fingerprint density at radius 3 is 2.77 bits per heavy atom. The zero-order valence-corrected chi connectivity index (χ0v) is 10.2. The van der Waals surface area contributed by atoms with E-state index in [0.29, 0.717) is 15.0 Å². The van der Waals surface area contributed by atoms with Gasteiger partial charge in [-0.25, -0.2) is 0 Å². The summed E-state index contributed by atoms with van der Waals surface area (Å²) in [5.41, 5.74) is 1.41. The molecule has 0 amide bonds. The third-order valence-corrected chi connectivity index (χ3v) is 4.07. The molecule has 0 aliphatic carbocycles. The molecule has 0 aromatic carbocycles. The Hall–Kier alpha value is -0.331. The van der Waals surface area contributed by atoms with Crippen LogP contribution in [0.1, 0.15) is 33.1 Å². The normalized spacial score (nSPS) is 19.7. The average Bonchev–Trinajstić information content (AvgIpc) is 2.47. The van der Waals surface area contributed by atoms with Gasteiger partial charge in [0.15, 0.2) is 0 Å². The molecule has 1 nitrogen and oxygen atoms in total. The molecule has 13 heavy (non-hydrogen) atoms. The van der Waals surface area contributed by atoms with Gasteiger partial charge in [0.05, 0.1) is 0 Å². The number of allylic oxidation sites excluding steroid dienone is 3. The van der Waals surface area contributed by atoms with E-state index >= 15 is 0 Å². The number of unbranched alkanes of at least 4 members (excludes halogenated alkanes) is 1. The number of aliphatic imine (C=N–C) groups is 1. The van der Waals surface area contributed by atoms with E-state index in [1.165, 1.54) is 27.5 Å². The fraction of sp³-hybridized carbons (Fsp3) is 0.545. The maximum absolute atomic E-state index is 4.57. The van der Waals surface area contributed by atoms with E-state index in [9.17, 15) is 0 Å². The van der Waals surface area contributed by atoms with Gasteiger partial charge in [0.2, 0.25) is 0 Å². The van der Waals surface area contributed by atoms with Gasteiger partial charge in [0, 0.05) is 0 Å². The monoisotopic (exact) mass is 243 g/mol. The van der Waals surface area contributed by atoms with Gasteiger partial charge < -0.3 is 0 Å². The molecular weight excluding hydrogens is 225 g/mol. The van der Waals surface area contributed by atoms with E-state index in [4.69, 9.17) is 0 Å². The van der Waals surface area contributed by atoms with Crippen LogP contribution in [0.15, 0.2) is 27.7 Å². The molecule has 2 heteroatoms. The molecule has 0 saturated carbocycles. The summed E-state index contributed by atoms with van der Waals surface area (Å²) >= 11 is 0.430. The van der Waals surface area contributed by atoms with E-state index in [0.717, 1.165) is 13.0 Å². The van der Waals surface area contributed by atoms with E-state index in [-0.39, 0.29) is 0 Å². The van der Waals surface area contributed by atoms with Crippen molar-refractivity contribution in [3.05, 3.63) is 22.7 Å². The van der Waals surface area contributed by atoms with Crippen LogP contribution in [0.2, 0.25) is 0 Å². The van der Waals surface area contributed by atoms with Gasteiger partial charge in [-0.2, -0.15) is 0 Å². The van der Waals surface area contributed by atoms with Crippen molar-refractivity contribution in [1.29, 1.82) is 0 Å². The standard InChI is InChI=1S/C11H17NSe/c1-4-6-7-12-11-8-10(5-2)9(3)13-11/h8H,3-7H2,1-2H3. The Balaban J connectivity index is 2.51. The molecule has 0 spiro atoms. The minimum absolute atomic E-state index is 0.430. The third-order valence-electron chi connectivity index (χ3n) is 2.04. The maximum atomic E-state index is 4.57. The summed E-state index contributed by atoms with van der Waals surface area (Å²) in [5, 5.41) is 0. The van der Waals surface area contributed by atoms with E-state index in [1.807, 2.05) is 0 Å². The summed E-state index contributed by atoms with van der Waals surface area (Å²) in [4.78, 5) is 4.57. The molecule has 0 aromatic rings. The Morgan fingerprint density at radius 2 is 2.23 bits per heavy atom. The molecule has 1 rings (SSSR count). The van der Waals surface area contributed by atoms with Gasteiger partial charge >= 0.3 is 86.9 Å². The first-order valence-corrected chi connectivity index (χ1v) is 6.61. The molecule has 0 atom stereocenters. The van der Waals surface area contributed by atoms with Crippen LogP contribution in [-0.4, -0.2) is 26.1 Å². The Kier molecular flexibility index (Phi) is 4.47. The van der Waals surface area contributed by atoms with Gasteiger partial charge in [-0.1, -0.05) is 0 Å². The summed E-state index contributed by atoms with van der Waals surface area (Å²) < 4.78 is 2.62. The van der Waals surface area contributed by atoms with Crippen LogP contribution in [-0.2, 0) is 0 Å². The van der Waals surface area contributed by atoms with Gasteiger partial charge in [-0.3, -0.25) is 0 Å². The van der Waals surface area contributed by atoms with Crippen LogP contribution in [0.3, 0.4) is 0 Å². The molecule has 72 valence electrons. The van der Waals surface area contributed by atoms with Crippen LogP contribution >= 0.6 is 0 Å². The van der Waals surface area contributed by atoms with Crippen LogP contribution < -0.4 is 0 Å². The first-order chi connectivity index (χ1) is 6.27. The minimum atomic E-state index is 0.430. The van der Waals surface area contributed by atoms with Crippen molar-refractivity contribution < 1.29 is 0 Å². The first kappa shape index (κ1) is 10.7. The van der Waals surface area contributed by atoms with Crippen molar-refractivity contribution in [2.24, 2.45) is 4.99 Å². The third kappa shape index (κ3) is 3.13.